The third kappa shape index (κ3) is 2.84. The van der Waals surface area contributed by atoms with Crippen LogP contribution in [-0.2, 0) is 7.05 Å². The van der Waals surface area contributed by atoms with Crippen LogP contribution in [-0.4, -0.2) is 52.8 Å². The maximum absolute atomic E-state index is 12.7. The van der Waals surface area contributed by atoms with E-state index in [4.69, 9.17) is 0 Å². The Hall–Kier alpha value is -2.63. The molecule has 1 amide bonds. The number of amides is 1. The van der Waals surface area contributed by atoms with Crippen molar-refractivity contribution in [2.45, 2.75) is 6.92 Å². The molecule has 1 aliphatic heterocycles. The van der Waals surface area contributed by atoms with Gasteiger partial charge in [0, 0.05) is 50.7 Å². The van der Waals surface area contributed by atoms with E-state index in [0.29, 0.717) is 24.3 Å². The highest BCUT2D eigenvalue weighted by Crippen LogP contribution is 2.17. The topological polar surface area (TPSA) is 58.4 Å². The predicted octanol–water partition coefficient (Wildman–Crippen LogP) is 1.50. The van der Waals surface area contributed by atoms with Crippen molar-refractivity contribution < 1.29 is 9.59 Å². The molecule has 2 aromatic heterocycles. The van der Waals surface area contributed by atoms with Gasteiger partial charge in [0.25, 0.3) is 5.91 Å². The molecule has 0 radical (unpaired) electrons. The third-order valence-corrected chi connectivity index (χ3v) is 4.46. The lowest BCUT2D eigenvalue weighted by Crippen LogP contribution is -2.49. The molecule has 0 aliphatic carbocycles. The SMILES string of the molecule is Cc1c(C=O)cc(C(=O)N2CCN(c3ccccn3)CC2)n1C. The minimum Gasteiger partial charge on any atom is -0.353 e. The summed E-state index contributed by atoms with van der Waals surface area (Å²) in [4.78, 5) is 32.1. The van der Waals surface area contributed by atoms with E-state index >= 15 is 0 Å². The van der Waals surface area contributed by atoms with E-state index in [-0.39, 0.29) is 5.91 Å². The number of rotatable bonds is 3. The van der Waals surface area contributed by atoms with Gasteiger partial charge in [-0.1, -0.05) is 6.07 Å². The Morgan fingerprint density at radius 1 is 1.22 bits per heavy atom. The van der Waals surface area contributed by atoms with Crippen LogP contribution < -0.4 is 4.90 Å². The van der Waals surface area contributed by atoms with Gasteiger partial charge in [-0.05, 0) is 25.1 Å². The monoisotopic (exact) mass is 312 g/mol. The molecule has 0 N–H and O–H groups in total. The number of anilines is 1. The normalized spacial score (nSPS) is 14.9. The highest BCUT2D eigenvalue weighted by Gasteiger charge is 2.25. The molecule has 23 heavy (non-hydrogen) atoms. The molecule has 0 unspecified atom stereocenters. The minimum atomic E-state index is -0.0237. The molecule has 6 heteroatoms. The first-order chi connectivity index (χ1) is 11.1. The maximum atomic E-state index is 12.7. The summed E-state index contributed by atoms with van der Waals surface area (Å²) in [5.41, 5.74) is 1.95. The zero-order valence-corrected chi connectivity index (χ0v) is 13.4. The molecule has 0 bridgehead atoms. The lowest BCUT2D eigenvalue weighted by atomic mass is 10.2. The van der Waals surface area contributed by atoms with Crippen LogP contribution in [0.1, 0.15) is 26.5 Å². The predicted molar refractivity (Wildman–Crippen MR) is 87.9 cm³/mol. The van der Waals surface area contributed by atoms with E-state index in [1.54, 1.807) is 16.8 Å². The fraction of sp³-hybridized carbons (Fsp3) is 0.353. The molecule has 0 spiro atoms. The standard InChI is InChI=1S/C17H20N4O2/c1-13-14(12-22)11-15(19(13)2)17(23)21-9-7-20(8-10-21)16-5-3-4-6-18-16/h3-6,11-12H,7-10H2,1-2H3. The number of pyridine rings is 1. The molecule has 6 nitrogen and oxygen atoms in total. The summed E-state index contributed by atoms with van der Waals surface area (Å²) in [6, 6.07) is 7.52. The van der Waals surface area contributed by atoms with Gasteiger partial charge in [0.05, 0.1) is 0 Å². The molecule has 1 fully saturated rings. The number of aromatic nitrogens is 2. The zero-order chi connectivity index (χ0) is 16.4. The van der Waals surface area contributed by atoms with Crippen LogP contribution in [0.4, 0.5) is 5.82 Å². The van der Waals surface area contributed by atoms with Crippen molar-refractivity contribution in [1.82, 2.24) is 14.5 Å². The van der Waals surface area contributed by atoms with Crippen LogP contribution in [0.25, 0.3) is 0 Å². The number of hydrogen-bond acceptors (Lipinski definition) is 4. The highest BCUT2D eigenvalue weighted by molar-refractivity contribution is 5.95. The number of nitrogens with zero attached hydrogens (tertiary/aromatic N) is 4. The summed E-state index contributed by atoms with van der Waals surface area (Å²) in [7, 11) is 1.82. The van der Waals surface area contributed by atoms with Gasteiger partial charge < -0.3 is 14.4 Å². The summed E-state index contributed by atoms with van der Waals surface area (Å²) in [5.74, 6) is 0.918. The summed E-state index contributed by atoms with van der Waals surface area (Å²) in [5, 5.41) is 0. The van der Waals surface area contributed by atoms with Crippen LogP contribution >= 0.6 is 0 Å². The molecule has 3 heterocycles. The molecule has 0 saturated carbocycles. The van der Waals surface area contributed by atoms with E-state index < -0.39 is 0 Å². The van der Waals surface area contributed by atoms with Gasteiger partial charge >= 0.3 is 0 Å². The first kappa shape index (κ1) is 15.3. The van der Waals surface area contributed by atoms with E-state index in [1.165, 1.54) is 0 Å². The van der Waals surface area contributed by atoms with Crippen molar-refractivity contribution in [3.8, 4) is 0 Å². The molecule has 120 valence electrons. The van der Waals surface area contributed by atoms with Crippen molar-refractivity contribution in [2.24, 2.45) is 7.05 Å². The molecular formula is C17H20N4O2. The van der Waals surface area contributed by atoms with Crippen LogP contribution in [0.3, 0.4) is 0 Å². The van der Waals surface area contributed by atoms with Gasteiger partial charge in [-0.15, -0.1) is 0 Å². The Bertz CT molecular complexity index is 716. The first-order valence-corrected chi connectivity index (χ1v) is 7.68. The number of carbonyl (C=O) groups excluding carboxylic acids is 2. The molecular weight excluding hydrogens is 292 g/mol. The third-order valence-electron chi connectivity index (χ3n) is 4.46. The summed E-state index contributed by atoms with van der Waals surface area (Å²) in [6.45, 7) is 4.66. The van der Waals surface area contributed by atoms with Crippen molar-refractivity contribution >= 4 is 18.0 Å². The summed E-state index contributed by atoms with van der Waals surface area (Å²) >= 11 is 0. The van der Waals surface area contributed by atoms with Crippen LogP contribution in [0.15, 0.2) is 30.5 Å². The molecule has 1 aliphatic rings. The maximum Gasteiger partial charge on any atom is 0.270 e. The molecule has 3 rings (SSSR count). The van der Waals surface area contributed by atoms with Crippen LogP contribution in [0.2, 0.25) is 0 Å². The van der Waals surface area contributed by atoms with E-state index in [2.05, 4.69) is 9.88 Å². The van der Waals surface area contributed by atoms with E-state index in [1.807, 2.05) is 37.1 Å². The van der Waals surface area contributed by atoms with Crippen molar-refractivity contribution in [3.05, 3.63) is 47.4 Å². The van der Waals surface area contributed by atoms with Gasteiger partial charge in [-0.3, -0.25) is 9.59 Å². The van der Waals surface area contributed by atoms with Gasteiger partial charge in [-0.2, -0.15) is 0 Å². The molecule has 0 aromatic carbocycles. The zero-order valence-electron chi connectivity index (χ0n) is 13.4. The smallest absolute Gasteiger partial charge is 0.270 e. The van der Waals surface area contributed by atoms with Crippen molar-refractivity contribution in [2.75, 3.05) is 31.1 Å². The lowest BCUT2D eigenvalue weighted by molar-refractivity contribution is 0.0736. The fourth-order valence-corrected chi connectivity index (χ4v) is 2.89. The van der Waals surface area contributed by atoms with Gasteiger partial charge in [0.1, 0.15) is 11.5 Å². The summed E-state index contributed by atoms with van der Waals surface area (Å²) in [6.07, 6.45) is 2.58. The van der Waals surface area contributed by atoms with Crippen molar-refractivity contribution in [3.63, 3.8) is 0 Å². The number of piperazine rings is 1. The largest absolute Gasteiger partial charge is 0.353 e. The van der Waals surface area contributed by atoms with E-state index in [0.717, 1.165) is 30.9 Å². The number of aldehydes is 1. The van der Waals surface area contributed by atoms with Crippen molar-refractivity contribution in [1.29, 1.82) is 0 Å². The second-order valence-corrected chi connectivity index (χ2v) is 5.71. The van der Waals surface area contributed by atoms with Crippen LogP contribution in [0, 0.1) is 6.92 Å². The fourth-order valence-electron chi connectivity index (χ4n) is 2.89. The van der Waals surface area contributed by atoms with Gasteiger partial charge in [0.2, 0.25) is 0 Å². The Morgan fingerprint density at radius 3 is 2.52 bits per heavy atom. The molecule has 2 aromatic rings. The van der Waals surface area contributed by atoms with Crippen LogP contribution in [0.5, 0.6) is 0 Å². The second kappa shape index (κ2) is 6.24. The Morgan fingerprint density at radius 2 is 1.96 bits per heavy atom. The minimum absolute atomic E-state index is 0.0237. The lowest BCUT2D eigenvalue weighted by Gasteiger charge is -2.35. The average molecular weight is 312 g/mol. The Labute approximate surface area is 135 Å². The number of carbonyl (C=O) groups is 2. The van der Waals surface area contributed by atoms with Gasteiger partial charge in [-0.25, -0.2) is 4.98 Å². The number of hydrogen-bond donors (Lipinski definition) is 0. The quantitative estimate of drug-likeness (QED) is 0.806. The molecule has 0 atom stereocenters. The highest BCUT2D eigenvalue weighted by atomic mass is 16.2. The second-order valence-electron chi connectivity index (χ2n) is 5.71. The Kier molecular flexibility index (Phi) is 4.14. The molecule has 1 saturated heterocycles. The average Bonchev–Trinajstić information content (AvgIpc) is 2.90. The summed E-state index contributed by atoms with van der Waals surface area (Å²) < 4.78 is 1.79. The van der Waals surface area contributed by atoms with E-state index in [9.17, 15) is 9.59 Å². The van der Waals surface area contributed by atoms with Gasteiger partial charge in [0.15, 0.2) is 6.29 Å². The Balaban J connectivity index is 1.70. The first-order valence-electron chi connectivity index (χ1n) is 7.68.